The van der Waals surface area contributed by atoms with Gasteiger partial charge in [-0.05, 0) is 24.4 Å². The van der Waals surface area contributed by atoms with Crippen LogP contribution in [-0.4, -0.2) is 5.16 Å². The number of nitrogens with zero attached hydrogens (tertiary/aromatic N) is 1. The van der Waals surface area contributed by atoms with E-state index in [1.54, 1.807) is 0 Å². The number of hydrogen-bond donors (Lipinski definition) is 2. The Hall–Kier alpha value is -1.06. The van der Waals surface area contributed by atoms with E-state index in [1.165, 1.54) is 0 Å². The Morgan fingerprint density at radius 3 is 2.18 bits per heavy atom. The molecule has 0 unspecified atom stereocenters. The van der Waals surface area contributed by atoms with Crippen LogP contribution in [0.5, 0.6) is 0 Å². The van der Waals surface area contributed by atoms with Crippen molar-refractivity contribution in [2.45, 2.75) is 0 Å². The number of aliphatic imine (C=N–C) groups is 1. The molecule has 0 aliphatic heterocycles. The molecular formula is C7H9N3S. The predicted octanol–water partition coefficient (Wildman–Crippen LogP) is 1.24. The number of rotatable bonds is 1. The molecule has 1 aromatic carbocycles. The summed E-state index contributed by atoms with van der Waals surface area (Å²) in [6.07, 6.45) is 0. The third-order valence-corrected chi connectivity index (χ3v) is 1.02. The number of hydrogen-bond acceptors (Lipinski definition) is 4. The summed E-state index contributed by atoms with van der Waals surface area (Å²) >= 11 is 4.42. The Bertz CT molecular complexity index is 229. The molecule has 0 atom stereocenters. The molecule has 0 radical (unpaired) electrons. The van der Waals surface area contributed by atoms with E-state index in [0.29, 0.717) is 0 Å². The Kier molecular flexibility index (Phi) is 6.37. The molecule has 4 heteroatoms. The highest BCUT2D eigenvalue weighted by Gasteiger charge is 1.79. The summed E-state index contributed by atoms with van der Waals surface area (Å²) in [5.41, 5.74) is 0.854. The van der Waals surface area contributed by atoms with E-state index in [2.05, 4.69) is 34.1 Å². The van der Waals surface area contributed by atoms with Crippen LogP contribution in [0, 0.1) is 0 Å². The number of benzene rings is 1. The highest BCUT2D eigenvalue weighted by molar-refractivity contribution is 7.78. The molecule has 0 bridgehead atoms. The van der Waals surface area contributed by atoms with Gasteiger partial charge in [0.05, 0.1) is 10.8 Å². The number of hydrazine groups is 1. The van der Waals surface area contributed by atoms with Crippen LogP contribution in [0.1, 0.15) is 0 Å². The molecule has 0 aliphatic carbocycles. The number of isothiocyanates is 1. The van der Waals surface area contributed by atoms with Gasteiger partial charge in [0, 0.05) is 0 Å². The van der Waals surface area contributed by atoms with E-state index >= 15 is 0 Å². The normalized spacial score (nSPS) is 7.09. The van der Waals surface area contributed by atoms with Crippen LogP contribution in [0.4, 0.5) is 5.69 Å². The fraction of sp³-hybridized carbons (Fsp3) is 0. The molecule has 0 amide bonds. The van der Waals surface area contributed by atoms with Crippen molar-refractivity contribution < 1.29 is 0 Å². The molecule has 58 valence electrons. The van der Waals surface area contributed by atoms with Crippen molar-refractivity contribution in [3.05, 3.63) is 30.3 Å². The maximum absolute atomic E-state index is 4.42. The second-order valence-electron chi connectivity index (χ2n) is 1.54. The summed E-state index contributed by atoms with van der Waals surface area (Å²) in [5, 5.41) is 2.29. The van der Waals surface area contributed by atoms with Gasteiger partial charge in [-0.15, -0.1) is 0 Å². The van der Waals surface area contributed by atoms with Crippen molar-refractivity contribution in [3.63, 3.8) is 0 Å². The molecule has 0 saturated heterocycles. The summed E-state index contributed by atoms with van der Waals surface area (Å²) in [6.45, 7) is 0. The quantitative estimate of drug-likeness (QED) is 0.286. The van der Waals surface area contributed by atoms with Crippen molar-refractivity contribution in [1.29, 1.82) is 0 Å². The largest absolute Gasteiger partial charge is 0.274 e. The number of thiocarbonyl (C=S) groups is 1. The Morgan fingerprint density at radius 1 is 1.18 bits per heavy atom. The van der Waals surface area contributed by atoms with Crippen LogP contribution in [0.2, 0.25) is 0 Å². The zero-order chi connectivity index (χ0) is 8.53. The van der Waals surface area contributed by atoms with Crippen LogP contribution in [0.25, 0.3) is 0 Å². The van der Waals surface area contributed by atoms with Crippen molar-refractivity contribution in [2.75, 3.05) is 0 Å². The molecule has 0 heterocycles. The molecule has 1 aromatic rings. The van der Waals surface area contributed by atoms with Gasteiger partial charge in [-0.1, -0.05) is 18.2 Å². The molecule has 3 nitrogen and oxygen atoms in total. The average Bonchev–Trinajstić information content (AvgIpc) is 2.11. The number of nitrogens with two attached hydrogens (primary N) is 2. The first-order chi connectivity index (χ1) is 5.43. The van der Waals surface area contributed by atoms with Crippen molar-refractivity contribution in [1.82, 2.24) is 0 Å². The monoisotopic (exact) mass is 167 g/mol. The number of para-hydroxylation sites is 1. The minimum Gasteiger partial charge on any atom is -0.274 e. The minimum absolute atomic E-state index is 0.854. The molecule has 0 aromatic heterocycles. The Balaban J connectivity index is 0.000000461. The van der Waals surface area contributed by atoms with Crippen LogP contribution in [-0.2, 0) is 0 Å². The van der Waals surface area contributed by atoms with Crippen molar-refractivity contribution >= 4 is 23.1 Å². The zero-order valence-electron chi connectivity index (χ0n) is 5.90. The molecule has 4 N–H and O–H groups in total. The van der Waals surface area contributed by atoms with Gasteiger partial charge in [0.1, 0.15) is 0 Å². The summed E-state index contributed by atoms with van der Waals surface area (Å²) in [6, 6.07) is 9.50. The lowest BCUT2D eigenvalue weighted by Crippen LogP contribution is -2.02. The molecular weight excluding hydrogens is 158 g/mol. The van der Waals surface area contributed by atoms with Crippen molar-refractivity contribution in [2.24, 2.45) is 16.7 Å². The second kappa shape index (κ2) is 7.05. The Morgan fingerprint density at radius 2 is 1.73 bits per heavy atom. The molecule has 0 aliphatic rings. The first-order valence-electron chi connectivity index (χ1n) is 2.90. The molecule has 11 heavy (non-hydrogen) atoms. The molecule has 0 saturated carbocycles. The lowest BCUT2D eigenvalue weighted by Gasteiger charge is -1.83. The third-order valence-electron chi connectivity index (χ3n) is 0.931. The standard InChI is InChI=1S/C7H5NS.H4N2/c9-6-8-7-4-2-1-3-5-7;1-2/h1-5H;1-2H2. The summed E-state index contributed by atoms with van der Waals surface area (Å²) in [4.78, 5) is 3.77. The zero-order valence-corrected chi connectivity index (χ0v) is 6.71. The van der Waals surface area contributed by atoms with E-state index in [-0.39, 0.29) is 0 Å². The SMILES string of the molecule is NN.S=C=Nc1ccccc1. The minimum atomic E-state index is 0.854. The van der Waals surface area contributed by atoms with Crippen LogP contribution >= 0.6 is 12.2 Å². The van der Waals surface area contributed by atoms with Gasteiger partial charge in [-0.2, -0.15) is 4.99 Å². The van der Waals surface area contributed by atoms with Gasteiger partial charge < -0.3 is 0 Å². The van der Waals surface area contributed by atoms with Gasteiger partial charge >= 0.3 is 0 Å². The van der Waals surface area contributed by atoms with E-state index in [0.717, 1.165) is 5.69 Å². The van der Waals surface area contributed by atoms with E-state index in [1.807, 2.05) is 30.3 Å². The average molecular weight is 167 g/mol. The molecule has 1 rings (SSSR count). The highest BCUT2D eigenvalue weighted by atomic mass is 32.1. The van der Waals surface area contributed by atoms with Gasteiger partial charge in [0.15, 0.2) is 0 Å². The lowest BCUT2D eigenvalue weighted by atomic mass is 10.3. The second-order valence-corrected chi connectivity index (χ2v) is 1.72. The first-order valence-corrected chi connectivity index (χ1v) is 3.30. The topological polar surface area (TPSA) is 64.4 Å². The van der Waals surface area contributed by atoms with E-state index in [9.17, 15) is 0 Å². The first kappa shape index (κ1) is 9.94. The van der Waals surface area contributed by atoms with Gasteiger partial charge in [0.2, 0.25) is 0 Å². The van der Waals surface area contributed by atoms with Gasteiger partial charge in [-0.3, -0.25) is 11.7 Å². The fourth-order valence-electron chi connectivity index (χ4n) is 0.555. The highest BCUT2D eigenvalue weighted by Crippen LogP contribution is 2.07. The third kappa shape index (κ3) is 4.36. The lowest BCUT2D eigenvalue weighted by molar-refractivity contribution is 1.26. The maximum atomic E-state index is 4.42. The van der Waals surface area contributed by atoms with Gasteiger partial charge in [-0.25, -0.2) is 0 Å². The fourth-order valence-corrected chi connectivity index (χ4v) is 0.661. The van der Waals surface area contributed by atoms with Crippen molar-refractivity contribution in [3.8, 4) is 0 Å². The van der Waals surface area contributed by atoms with E-state index in [4.69, 9.17) is 0 Å². The smallest absolute Gasteiger partial charge is 0.0739 e. The molecule has 0 spiro atoms. The van der Waals surface area contributed by atoms with Crippen LogP contribution in [0.3, 0.4) is 0 Å². The van der Waals surface area contributed by atoms with E-state index < -0.39 is 0 Å². The maximum Gasteiger partial charge on any atom is 0.0739 e. The summed E-state index contributed by atoms with van der Waals surface area (Å²) in [7, 11) is 0. The van der Waals surface area contributed by atoms with Crippen LogP contribution < -0.4 is 11.7 Å². The van der Waals surface area contributed by atoms with Crippen LogP contribution in [0.15, 0.2) is 35.3 Å². The predicted molar refractivity (Wildman–Crippen MR) is 49.5 cm³/mol. The Labute approximate surface area is 70.7 Å². The van der Waals surface area contributed by atoms with Gasteiger partial charge in [0.25, 0.3) is 0 Å². The summed E-state index contributed by atoms with van der Waals surface area (Å²) < 4.78 is 0. The molecule has 0 fully saturated rings. The summed E-state index contributed by atoms with van der Waals surface area (Å²) in [5.74, 6) is 8.00.